The molecule has 0 aliphatic carbocycles. The number of rotatable bonds is 19. The lowest BCUT2D eigenvalue weighted by Gasteiger charge is -2.24. The highest BCUT2D eigenvalue weighted by molar-refractivity contribution is 7.99. The molecule has 240 valence electrons. The zero-order valence-electron chi connectivity index (χ0n) is 24.7. The van der Waals surface area contributed by atoms with Gasteiger partial charge in [-0.1, -0.05) is 67.9 Å². The number of nitrogens with one attached hydrogen (secondary N) is 4. The Morgan fingerprint density at radius 1 is 0.933 bits per heavy atom. The van der Waals surface area contributed by atoms with E-state index in [1.54, 1.807) is 0 Å². The quantitative estimate of drug-likeness (QED) is 0.0821. The molecule has 6 N–H and O–H groups in total. The standard InChI is InChI=1S/C30H36N6O8S/c1-2-3-7-12-31-28(40)22(15-20-10-11-24(44-17-27(38)39)21(13-20)30(42)43)34-29(41)23(14-19-8-5-4-6-9-19)33-25(37)18-45-26-16-32-36-35-26/h4-6,8-11,13,16,22-23H,2-3,7,12,14-15,17-18H2,1H3,(H,31,40)(H,33,37)(H,34,41)(H,38,39)(H,42,43)(H,32,35,36)/t22-,23?/m0/s1. The fraction of sp³-hybridized carbons (Fsp3) is 0.367. The summed E-state index contributed by atoms with van der Waals surface area (Å²) in [6.45, 7) is 1.68. The number of nitrogens with zero attached hydrogens (tertiary/aromatic N) is 2. The van der Waals surface area contributed by atoms with Crippen LogP contribution in [0.3, 0.4) is 0 Å². The molecule has 3 aromatic rings. The molecule has 3 amide bonds. The third-order valence-electron chi connectivity index (χ3n) is 6.46. The number of carbonyl (C=O) groups is 5. The summed E-state index contributed by atoms with van der Waals surface area (Å²) >= 11 is 1.14. The van der Waals surface area contributed by atoms with E-state index in [-0.39, 0.29) is 29.9 Å². The summed E-state index contributed by atoms with van der Waals surface area (Å²) < 4.78 is 5.10. The van der Waals surface area contributed by atoms with Crippen LogP contribution in [0.4, 0.5) is 0 Å². The van der Waals surface area contributed by atoms with E-state index in [4.69, 9.17) is 9.84 Å². The Hall–Kier alpha value is -4.92. The van der Waals surface area contributed by atoms with Crippen LogP contribution in [-0.4, -0.2) is 86.3 Å². The third-order valence-corrected chi connectivity index (χ3v) is 7.36. The second-order valence-corrected chi connectivity index (χ2v) is 11.0. The Morgan fingerprint density at radius 3 is 2.33 bits per heavy atom. The third kappa shape index (κ3) is 11.9. The molecule has 0 radical (unpaired) electrons. The van der Waals surface area contributed by atoms with E-state index in [0.717, 1.165) is 36.6 Å². The maximum Gasteiger partial charge on any atom is 0.341 e. The number of hydrogen-bond acceptors (Lipinski definition) is 9. The van der Waals surface area contributed by atoms with Crippen molar-refractivity contribution in [3.05, 3.63) is 71.4 Å². The minimum Gasteiger partial charge on any atom is -0.481 e. The van der Waals surface area contributed by atoms with Crippen LogP contribution in [0.2, 0.25) is 0 Å². The summed E-state index contributed by atoms with van der Waals surface area (Å²) in [4.78, 5) is 62.6. The van der Waals surface area contributed by atoms with Crippen LogP contribution >= 0.6 is 11.8 Å². The van der Waals surface area contributed by atoms with Crippen LogP contribution in [0.1, 0.15) is 47.7 Å². The molecule has 14 nitrogen and oxygen atoms in total. The van der Waals surface area contributed by atoms with E-state index in [0.29, 0.717) is 17.1 Å². The molecule has 3 rings (SSSR count). The summed E-state index contributed by atoms with van der Waals surface area (Å²) in [5.41, 5.74) is 0.878. The molecule has 15 heteroatoms. The number of aromatic nitrogens is 3. The van der Waals surface area contributed by atoms with Crippen molar-refractivity contribution in [2.24, 2.45) is 0 Å². The number of carboxylic acids is 2. The van der Waals surface area contributed by atoms with Gasteiger partial charge < -0.3 is 30.9 Å². The Morgan fingerprint density at radius 2 is 1.67 bits per heavy atom. The van der Waals surface area contributed by atoms with Crippen molar-refractivity contribution in [2.75, 3.05) is 18.9 Å². The first kappa shape index (κ1) is 34.6. The van der Waals surface area contributed by atoms with Crippen molar-refractivity contribution in [3.8, 4) is 5.75 Å². The highest BCUT2D eigenvalue weighted by Crippen LogP contribution is 2.22. The van der Waals surface area contributed by atoms with Crippen LogP contribution in [0.25, 0.3) is 0 Å². The maximum atomic E-state index is 13.7. The van der Waals surface area contributed by atoms with Gasteiger partial charge in [0.05, 0.1) is 11.9 Å². The molecule has 0 aliphatic rings. The van der Waals surface area contributed by atoms with E-state index < -0.39 is 48.4 Å². The van der Waals surface area contributed by atoms with E-state index >= 15 is 0 Å². The molecule has 2 atom stereocenters. The number of aliphatic carboxylic acids is 1. The molecule has 0 saturated carbocycles. The number of unbranched alkanes of at least 4 members (excludes halogenated alkanes) is 2. The summed E-state index contributed by atoms with van der Waals surface area (Å²) in [5, 5.41) is 37.5. The number of aromatic carboxylic acids is 1. The molecule has 1 aromatic heterocycles. The van der Waals surface area contributed by atoms with Crippen molar-refractivity contribution in [1.82, 2.24) is 31.4 Å². The Labute approximate surface area is 263 Å². The predicted molar refractivity (Wildman–Crippen MR) is 164 cm³/mol. The Balaban J connectivity index is 1.82. The van der Waals surface area contributed by atoms with E-state index in [1.165, 1.54) is 24.4 Å². The first-order chi connectivity index (χ1) is 21.7. The zero-order chi connectivity index (χ0) is 32.6. The summed E-state index contributed by atoms with van der Waals surface area (Å²) in [6.07, 6.45) is 4.11. The lowest BCUT2D eigenvalue weighted by Crippen LogP contribution is -2.55. The van der Waals surface area contributed by atoms with Crippen molar-refractivity contribution in [2.45, 2.75) is 56.1 Å². The van der Waals surface area contributed by atoms with Gasteiger partial charge in [0.2, 0.25) is 17.7 Å². The van der Waals surface area contributed by atoms with Gasteiger partial charge in [-0.2, -0.15) is 10.3 Å². The normalized spacial score (nSPS) is 12.0. The fourth-order valence-corrected chi connectivity index (χ4v) is 4.85. The average molecular weight is 641 g/mol. The zero-order valence-corrected chi connectivity index (χ0v) is 25.5. The maximum absolute atomic E-state index is 13.7. The topological polar surface area (TPSA) is 213 Å². The second-order valence-electron chi connectivity index (χ2n) is 9.99. The van der Waals surface area contributed by atoms with Gasteiger partial charge in [0.15, 0.2) is 6.61 Å². The number of hydrogen-bond donors (Lipinski definition) is 6. The molecule has 0 fully saturated rings. The number of amides is 3. The molecule has 1 unspecified atom stereocenters. The number of benzene rings is 2. The van der Waals surface area contributed by atoms with Gasteiger partial charge in [-0.25, -0.2) is 9.59 Å². The van der Waals surface area contributed by atoms with Gasteiger partial charge in [0, 0.05) is 19.4 Å². The number of carboxylic acid groups (broad SMARTS) is 2. The Bertz CT molecular complexity index is 1440. The van der Waals surface area contributed by atoms with Gasteiger partial charge in [-0.05, 0) is 29.7 Å². The predicted octanol–water partition coefficient (Wildman–Crippen LogP) is 1.82. The molecule has 1 heterocycles. The molecular weight excluding hydrogens is 604 g/mol. The van der Waals surface area contributed by atoms with Crippen LogP contribution in [0, 0.1) is 0 Å². The van der Waals surface area contributed by atoms with Gasteiger partial charge in [-0.15, -0.1) is 5.10 Å². The summed E-state index contributed by atoms with van der Waals surface area (Å²) in [7, 11) is 0. The second kappa shape index (κ2) is 18.0. The first-order valence-corrected chi connectivity index (χ1v) is 15.3. The van der Waals surface area contributed by atoms with Crippen molar-refractivity contribution < 1.29 is 38.9 Å². The number of aromatic amines is 1. The van der Waals surface area contributed by atoms with Gasteiger partial charge in [0.1, 0.15) is 28.4 Å². The van der Waals surface area contributed by atoms with Crippen molar-refractivity contribution in [3.63, 3.8) is 0 Å². The van der Waals surface area contributed by atoms with Gasteiger partial charge in [0.25, 0.3) is 0 Å². The Kier molecular flexibility index (Phi) is 13.8. The van der Waals surface area contributed by atoms with Gasteiger partial charge >= 0.3 is 11.9 Å². The summed E-state index contributed by atoms with van der Waals surface area (Å²) in [5.74, 6) is -4.31. The minimum absolute atomic E-state index is 0.0271. The molecule has 0 saturated heterocycles. The lowest BCUT2D eigenvalue weighted by molar-refractivity contribution is -0.139. The minimum atomic E-state index is -1.35. The molecule has 45 heavy (non-hydrogen) atoms. The fourth-order valence-electron chi connectivity index (χ4n) is 4.26. The number of thioether (sulfide) groups is 1. The van der Waals surface area contributed by atoms with E-state index in [1.807, 2.05) is 37.3 Å². The van der Waals surface area contributed by atoms with Crippen LogP contribution in [0.15, 0.2) is 59.8 Å². The lowest BCUT2D eigenvalue weighted by atomic mass is 10.0. The number of H-pyrrole nitrogens is 1. The smallest absolute Gasteiger partial charge is 0.341 e. The van der Waals surface area contributed by atoms with Crippen LogP contribution < -0.4 is 20.7 Å². The molecule has 0 bridgehead atoms. The molecular formula is C30H36N6O8S. The molecule has 0 aliphatic heterocycles. The molecule has 0 spiro atoms. The van der Waals surface area contributed by atoms with Crippen molar-refractivity contribution in [1.29, 1.82) is 0 Å². The van der Waals surface area contributed by atoms with Gasteiger partial charge in [-0.3, -0.25) is 14.4 Å². The summed E-state index contributed by atoms with van der Waals surface area (Å²) in [6, 6.07) is 11.0. The molecule has 2 aromatic carbocycles. The average Bonchev–Trinajstić information content (AvgIpc) is 3.55. The van der Waals surface area contributed by atoms with E-state index in [9.17, 15) is 29.1 Å². The first-order valence-electron chi connectivity index (χ1n) is 14.3. The SMILES string of the molecule is CCCCCNC(=O)[C@H](Cc1ccc(OCC(=O)O)c(C(=O)O)c1)NC(=O)C(Cc1ccccc1)NC(=O)CSc1cn[nH]n1. The largest absolute Gasteiger partial charge is 0.481 e. The highest BCUT2D eigenvalue weighted by Gasteiger charge is 2.28. The van der Waals surface area contributed by atoms with Crippen LogP contribution in [0.5, 0.6) is 5.75 Å². The van der Waals surface area contributed by atoms with E-state index in [2.05, 4.69) is 31.4 Å². The van der Waals surface area contributed by atoms with Crippen LogP contribution in [-0.2, 0) is 32.0 Å². The number of carbonyl (C=O) groups excluding carboxylic acids is 3. The monoisotopic (exact) mass is 640 g/mol. The highest BCUT2D eigenvalue weighted by atomic mass is 32.2. The van der Waals surface area contributed by atoms with Crippen molar-refractivity contribution >= 4 is 41.4 Å². The number of ether oxygens (including phenoxy) is 1.